The van der Waals surface area contributed by atoms with E-state index in [9.17, 15) is 0 Å². The number of nitrogen functional groups attached to an aromatic ring is 1. The highest BCUT2D eigenvalue weighted by Gasteiger charge is 2.22. The molecule has 0 spiro atoms. The smallest absolute Gasteiger partial charge is 0.146 e. The lowest BCUT2D eigenvalue weighted by Gasteiger charge is -2.18. The molecule has 2 rings (SSSR count). The van der Waals surface area contributed by atoms with E-state index in [1.807, 2.05) is 22.7 Å². The molecule has 0 saturated carbocycles. The highest BCUT2D eigenvalue weighted by molar-refractivity contribution is 5.55. The molecule has 0 aromatic carbocycles. The van der Waals surface area contributed by atoms with Gasteiger partial charge in [-0.3, -0.25) is 0 Å². The Morgan fingerprint density at radius 1 is 1.44 bits per heavy atom. The number of hydrogen-bond donors (Lipinski definition) is 2. The Kier molecular flexibility index (Phi) is 2.39. The first kappa shape index (κ1) is 11.0. The maximum absolute atomic E-state index is 9.06. The fraction of sp³-hybridized carbons (Fsp3) is 0.417. The van der Waals surface area contributed by atoms with Crippen molar-refractivity contribution in [3.63, 3.8) is 0 Å². The SMILES string of the molecule is CC(C)(C)c1c(N)nc2cc(CO)ccn12. The van der Waals surface area contributed by atoms with Crippen molar-refractivity contribution in [3.05, 3.63) is 29.6 Å². The first-order valence-electron chi connectivity index (χ1n) is 5.31. The molecular weight excluding hydrogens is 202 g/mol. The average Bonchev–Trinajstić information content (AvgIpc) is 2.51. The Labute approximate surface area is 94.7 Å². The second kappa shape index (κ2) is 3.49. The summed E-state index contributed by atoms with van der Waals surface area (Å²) in [5, 5.41) is 9.06. The van der Waals surface area contributed by atoms with Gasteiger partial charge >= 0.3 is 0 Å². The molecule has 3 N–H and O–H groups in total. The van der Waals surface area contributed by atoms with Crippen LogP contribution in [0.1, 0.15) is 32.0 Å². The van der Waals surface area contributed by atoms with Crippen molar-refractivity contribution < 1.29 is 5.11 Å². The molecule has 16 heavy (non-hydrogen) atoms. The number of nitrogens with zero attached hydrogens (tertiary/aromatic N) is 2. The predicted molar refractivity (Wildman–Crippen MR) is 64.2 cm³/mol. The van der Waals surface area contributed by atoms with Crippen LogP contribution in [0, 0.1) is 0 Å². The number of anilines is 1. The molecule has 0 amide bonds. The molecule has 4 heteroatoms. The van der Waals surface area contributed by atoms with Crippen molar-refractivity contribution in [3.8, 4) is 0 Å². The zero-order valence-electron chi connectivity index (χ0n) is 9.86. The van der Waals surface area contributed by atoms with Gasteiger partial charge < -0.3 is 15.2 Å². The number of pyridine rings is 1. The maximum Gasteiger partial charge on any atom is 0.146 e. The maximum atomic E-state index is 9.06. The Hall–Kier alpha value is -1.55. The standard InChI is InChI=1S/C12H17N3O/c1-12(2,3)10-11(13)14-9-6-8(7-16)4-5-15(9)10/h4-6,16H,7,13H2,1-3H3. The van der Waals surface area contributed by atoms with Crippen LogP contribution in [0.2, 0.25) is 0 Å². The summed E-state index contributed by atoms with van der Waals surface area (Å²) >= 11 is 0. The first-order chi connectivity index (χ1) is 7.43. The van der Waals surface area contributed by atoms with E-state index in [1.165, 1.54) is 0 Å². The Balaban J connectivity index is 2.72. The number of aliphatic hydroxyl groups is 1. The second-order valence-electron chi connectivity index (χ2n) is 5.02. The van der Waals surface area contributed by atoms with Crippen LogP contribution in [0.15, 0.2) is 18.3 Å². The molecule has 0 aliphatic rings. The van der Waals surface area contributed by atoms with E-state index in [1.54, 1.807) is 0 Å². The van der Waals surface area contributed by atoms with Gasteiger partial charge in [0.1, 0.15) is 11.5 Å². The highest BCUT2D eigenvalue weighted by Crippen LogP contribution is 2.28. The number of rotatable bonds is 1. The summed E-state index contributed by atoms with van der Waals surface area (Å²) < 4.78 is 1.98. The van der Waals surface area contributed by atoms with E-state index < -0.39 is 0 Å². The largest absolute Gasteiger partial charge is 0.392 e. The Bertz CT molecular complexity index is 523. The average molecular weight is 219 g/mol. The summed E-state index contributed by atoms with van der Waals surface area (Å²) in [7, 11) is 0. The lowest BCUT2D eigenvalue weighted by molar-refractivity contribution is 0.282. The van der Waals surface area contributed by atoms with Gasteiger partial charge in [-0.15, -0.1) is 0 Å². The van der Waals surface area contributed by atoms with Gasteiger partial charge in [0.15, 0.2) is 0 Å². The van der Waals surface area contributed by atoms with Crippen LogP contribution in [0.25, 0.3) is 5.65 Å². The molecule has 0 aliphatic carbocycles. The van der Waals surface area contributed by atoms with E-state index in [0.29, 0.717) is 5.82 Å². The first-order valence-corrected chi connectivity index (χ1v) is 5.31. The Morgan fingerprint density at radius 2 is 2.12 bits per heavy atom. The third-order valence-corrected chi connectivity index (χ3v) is 2.61. The minimum Gasteiger partial charge on any atom is -0.392 e. The summed E-state index contributed by atoms with van der Waals surface area (Å²) in [6, 6.07) is 3.73. The molecule has 0 aliphatic heterocycles. The molecule has 0 bridgehead atoms. The van der Waals surface area contributed by atoms with Gasteiger partial charge in [0.25, 0.3) is 0 Å². The zero-order valence-corrected chi connectivity index (χ0v) is 9.86. The van der Waals surface area contributed by atoms with Gasteiger partial charge in [0.2, 0.25) is 0 Å². The number of hydrogen-bond acceptors (Lipinski definition) is 3. The monoisotopic (exact) mass is 219 g/mol. The number of aromatic nitrogens is 2. The van der Waals surface area contributed by atoms with Gasteiger partial charge in [0.05, 0.1) is 12.3 Å². The molecule has 0 fully saturated rings. The normalized spacial score (nSPS) is 12.2. The van der Waals surface area contributed by atoms with Gasteiger partial charge in [-0.25, -0.2) is 4.98 Å². The molecule has 2 heterocycles. The lowest BCUT2D eigenvalue weighted by Crippen LogP contribution is -2.16. The van der Waals surface area contributed by atoms with Crippen LogP contribution in [-0.4, -0.2) is 14.5 Å². The lowest BCUT2D eigenvalue weighted by atomic mass is 9.92. The van der Waals surface area contributed by atoms with Crippen molar-refractivity contribution in [1.82, 2.24) is 9.38 Å². The van der Waals surface area contributed by atoms with Crippen LogP contribution >= 0.6 is 0 Å². The van der Waals surface area contributed by atoms with Gasteiger partial charge in [0, 0.05) is 11.6 Å². The van der Waals surface area contributed by atoms with Crippen molar-refractivity contribution in [2.24, 2.45) is 0 Å². The number of nitrogens with two attached hydrogens (primary N) is 1. The van der Waals surface area contributed by atoms with Crippen LogP contribution in [0.3, 0.4) is 0 Å². The molecule has 0 radical (unpaired) electrons. The molecule has 0 atom stereocenters. The van der Waals surface area contributed by atoms with Crippen LogP contribution < -0.4 is 5.73 Å². The van der Waals surface area contributed by atoms with Crippen LogP contribution in [0.4, 0.5) is 5.82 Å². The number of imidazole rings is 1. The fourth-order valence-corrected chi connectivity index (χ4v) is 1.95. The molecule has 0 saturated heterocycles. The fourth-order valence-electron chi connectivity index (χ4n) is 1.95. The van der Waals surface area contributed by atoms with Crippen molar-refractivity contribution in [2.45, 2.75) is 32.8 Å². The van der Waals surface area contributed by atoms with Gasteiger partial charge in [-0.05, 0) is 17.7 Å². The molecule has 2 aromatic heterocycles. The van der Waals surface area contributed by atoms with Crippen LogP contribution in [0.5, 0.6) is 0 Å². The minimum absolute atomic E-state index is 0.0219. The number of fused-ring (bicyclic) bond motifs is 1. The third kappa shape index (κ3) is 1.65. The Morgan fingerprint density at radius 3 is 2.69 bits per heavy atom. The molecule has 4 nitrogen and oxygen atoms in total. The quantitative estimate of drug-likeness (QED) is 0.767. The van der Waals surface area contributed by atoms with E-state index in [2.05, 4.69) is 25.8 Å². The molecule has 86 valence electrons. The number of aliphatic hydroxyl groups excluding tert-OH is 1. The topological polar surface area (TPSA) is 63.5 Å². The minimum atomic E-state index is -0.0514. The summed E-state index contributed by atoms with van der Waals surface area (Å²) in [6.07, 6.45) is 1.91. The van der Waals surface area contributed by atoms with E-state index in [-0.39, 0.29) is 12.0 Å². The highest BCUT2D eigenvalue weighted by atomic mass is 16.3. The predicted octanol–water partition coefficient (Wildman–Crippen LogP) is 1.71. The van der Waals surface area contributed by atoms with Crippen LogP contribution in [-0.2, 0) is 12.0 Å². The third-order valence-electron chi connectivity index (χ3n) is 2.61. The van der Waals surface area contributed by atoms with Gasteiger partial charge in [-0.1, -0.05) is 20.8 Å². The van der Waals surface area contributed by atoms with Crippen molar-refractivity contribution >= 4 is 11.5 Å². The molecule has 0 unspecified atom stereocenters. The second-order valence-corrected chi connectivity index (χ2v) is 5.02. The molecular formula is C12H17N3O. The van der Waals surface area contributed by atoms with E-state index in [0.717, 1.165) is 16.9 Å². The summed E-state index contributed by atoms with van der Waals surface area (Å²) in [5.41, 5.74) is 8.52. The summed E-state index contributed by atoms with van der Waals surface area (Å²) in [5.74, 6) is 0.558. The molecule has 2 aromatic rings. The summed E-state index contributed by atoms with van der Waals surface area (Å²) in [4.78, 5) is 4.32. The zero-order chi connectivity index (χ0) is 11.9. The van der Waals surface area contributed by atoms with Crippen molar-refractivity contribution in [1.29, 1.82) is 0 Å². The van der Waals surface area contributed by atoms with Gasteiger partial charge in [-0.2, -0.15) is 0 Å². The van der Waals surface area contributed by atoms with Crippen molar-refractivity contribution in [2.75, 3.05) is 5.73 Å². The van der Waals surface area contributed by atoms with E-state index in [4.69, 9.17) is 10.8 Å². The summed E-state index contributed by atoms with van der Waals surface area (Å²) in [6.45, 7) is 6.33. The van der Waals surface area contributed by atoms with E-state index >= 15 is 0 Å².